The summed E-state index contributed by atoms with van der Waals surface area (Å²) in [6.45, 7) is 0. The first-order valence-corrected chi connectivity index (χ1v) is 6.04. The summed E-state index contributed by atoms with van der Waals surface area (Å²) in [4.78, 5) is 35.1. The Hall–Kier alpha value is -3.17. The van der Waals surface area contributed by atoms with Gasteiger partial charge in [0.2, 0.25) is 0 Å². The molecule has 0 atom stereocenters. The Labute approximate surface area is 125 Å². The first kappa shape index (κ1) is 16.2. The van der Waals surface area contributed by atoms with E-state index in [4.69, 9.17) is 0 Å². The molecule has 10 heteroatoms. The van der Waals surface area contributed by atoms with Gasteiger partial charge in [0.15, 0.2) is 0 Å². The Morgan fingerprint density at radius 2 is 1.83 bits per heavy atom. The lowest BCUT2D eigenvalue weighted by molar-refractivity contribution is -0.384. The molecule has 2 rings (SSSR count). The van der Waals surface area contributed by atoms with Crippen molar-refractivity contribution in [3.05, 3.63) is 68.1 Å². The number of carbonyl (C=O) groups is 1. The van der Waals surface area contributed by atoms with Gasteiger partial charge in [-0.3, -0.25) is 19.7 Å². The van der Waals surface area contributed by atoms with E-state index in [9.17, 15) is 32.9 Å². The van der Waals surface area contributed by atoms with Crippen LogP contribution in [0.5, 0.6) is 0 Å². The number of anilines is 1. The summed E-state index contributed by atoms with van der Waals surface area (Å²) in [5.41, 5.74) is -2.92. The van der Waals surface area contributed by atoms with E-state index < -0.39 is 33.8 Å². The van der Waals surface area contributed by atoms with Crippen molar-refractivity contribution < 1.29 is 22.9 Å². The van der Waals surface area contributed by atoms with Crippen molar-refractivity contribution in [1.29, 1.82) is 0 Å². The molecular formula is C13H8F3N3O4. The van der Waals surface area contributed by atoms with Crippen LogP contribution in [0.15, 0.2) is 41.3 Å². The summed E-state index contributed by atoms with van der Waals surface area (Å²) in [7, 11) is 0. The average Bonchev–Trinajstić information content (AvgIpc) is 2.48. The smallest absolute Gasteiger partial charge is 0.327 e. The highest BCUT2D eigenvalue weighted by Crippen LogP contribution is 2.29. The molecule has 0 fully saturated rings. The number of nitro benzene ring substituents is 1. The summed E-state index contributed by atoms with van der Waals surface area (Å²) in [6.07, 6.45) is -4.19. The topological polar surface area (TPSA) is 105 Å². The number of hydrogen-bond donors (Lipinski definition) is 2. The van der Waals surface area contributed by atoms with Gasteiger partial charge < -0.3 is 10.3 Å². The SMILES string of the molecule is O=C(Nc1cc(C(F)(F)F)c[nH]c1=O)c1ccc([N+](=O)[O-])cc1. The van der Waals surface area contributed by atoms with Gasteiger partial charge in [-0.25, -0.2) is 0 Å². The van der Waals surface area contributed by atoms with E-state index >= 15 is 0 Å². The van der Waals surface area contributed by atoms with Crippen molar-refractivity contribution in [2.45, 2.75) is 6.18 Å². The minimum absolute atomic E-state index is 0.0487. The Balaban J connectivity index is 2.26. The van der Waals surface area contributed by atoms with Crippen LogP contribution in [0.25, 0.3) is 0 Å². The molecule has 7 nitrogen and oxygen atoms in total. The van der Waals surface area contributed by atoms with Gasteiger partial charge >= 0.3 is 6.18 Å². The number of pyridine rings is 1. The molecule has 0 spiro atoms. The molecule has 2 aromatic rings. The quantitative estimate of drug-likeness (QED) is 0.667. The molecule has 1 aromatic heterocycles. The van der Waals surface area contributed by atoms with Crippen LogP contribution in [0, 0.1) is 10.1 Å². The molecule has 0 saturated heterocycles. The minimum Gasteiger partial charge on any atom is -0.327 e. The molecule has 2 N–H and O–H groups in total. The van der Waals surface area contributed by atoms with Crippen LogP contribution in [0.1, 0.15) is 15.9 Å². The van der Waals surface area contributed by atoms with Crippen molar-refractivity contribution in [2.75, 3.05) is 5.32 Å². The van der Waals surface area contributed by atoms with Crippen LogP contribution in [0.4, 0.5) is 24.5 Å². The van der Waals surface area contributed by atoms with Crippen molar-refractivity contribution in [1.82, 2.24) is 4.98 Å². The van der Waals surface area contributed by atoms with Crippen LogP contribution in [-0.4, -0.2) is 15.8 Å². The molecule has 1 amide bonds. The van der Waals surface area contributed by atoms with Crippen LogP contribution in [0.2, 0.25) is 0 Å². The lowest BCUT2D eigenvalue weighted by Crippen LogP contribution is -2.21. The highest BCUT2D eigenvalue weighted by molar-refractivity contribution is 6.04. The summed E-state index contributed by atoms with van der Waals surface area (Å²) >= 11 is 0. The molecule has 1 heterocycles. The summed E-state index contributed by atoms with van der Waals surface area (Å²) < 4.78 is 37.7. The zero-order valence-corrected chi connectivity index (χ0v) is 11.2. The minimum atomic E-state index is -4.68. The van der Waals surface area contributed by atoms with E-state index in [0.29, 0.717) is 12.3 Å². The van der Waals surface area contributed by atoms with Gasteiger partial charge in [-0.05, 0) is 18.2 Å². The summed E-state index contributed by atoms with van der Waals surface area (Å²) in [5, 5.41) is 12.5. The fourth-order valence-corrected chi connectivity index (χ4v) is 1.67. The second kappa shape index (κ2) is 5.91. The number of non-ortho nitro benzene ring substituents is 1. The van der Waals surface area contributed by atoms with E-state index in [1.165, 1.54) is 0 Å². The molecule has 120 valence electrons. The molecule has 0 bridgehead atoms. The number of aromatic nitrogens is 1. The molecule has 0 unspecified atom stereocenters. The van der Waals surface area contributed by atoms with Gasteiger partial charge in [-0.15, -0.1) is 0 Å². The molecule has 0 aliphatic rings. The molecule has 0 saturated carbocycles. The third-order valence-electron chi connectivity index (χ3n) is 2.82. The maximum atomic E-state index is 12.6. The third-order valence-corrected chi connectivity index (χ3v) is 2.82. The Morgan fingerprint density at radius 1 is 1.22 bits per heavy atom. The van der Waals surface area contributed by atoms with Crippen LogP contribution >= 0.6 is 0 Å². The van der Waals surface area contributed by atoms with Crippen molar-refractivity contribution >= 4 is 17.3 Å². The number of rotatable bonds is 3. The molecule has 23 heavy (non-hydrogen) atoms. The number of H-pyrrole nitrogens is 1. The van der Waals surface area contributed by atoms with Gasteiger partial charge in [0, 0.05) is 23.9 Å². The summed E-state index contributed by atoms with van der Waals surface area (Å²) in [5.74, 6) is -0.871. The predicted octanol–water partition coefficient (Wildman–Crippen LogP) is 2.55. The van der Waals surface area contributed by atoms with Crippen LogP contribution < -0.4 is 10.9 Å². The number of amides is 1. The molecule has 1 aromatic carbocycles. The molecule has 0 radical (unpaired) electrons. The lowest BCUT2D eigenvalue weighted by atomic mass is 10.2. The Morgan fingerprint density at radius 3 is 2.35 bits per heavy atom. The second-order valence-corrected chi connectivity index (χ2v) is 4.39. The number of nitrogens with zero attached hydrogens (tertiary/aromatic N) is 1. The van der Waals surface area contributed by atoms with Crippen molar-refractivity contribution in [3.63, 3.8) is 0 Å². The third kappa shape index (κ3) is 3.73. The van der Waals surface area contributed by atoms with Crippen molar-refractivity contribution in [2.24, 2.45) is 0 Å². The highest BCUT2D eigenvalue weighted by atomic mass is 19.4. The number of aromatic amines is 1. The number of benzene rings is 1. The van der Waals surface area contributed by atoms with E-state index in [1.54, 1.807) is 0 Å². The van der Waals surface area contributed by atoms with Gasteiger partial charge in [0.25, 0.3) is 17.2 Å². The second-order valence-electron chi connectivity index (χ2n) is 4.39. The standard InChI is InChI=1S/C13H8F3N3O4/c14-13(15,16)8-5-10(12(21)17-6-8)18-11(20)7-1-3-9(4-2-7)19(22)23/h1-6H,(H,17,21)(H,18,20). The van der Waals surface area contributed by atoms with E-state index in [1.807, 2.05) is 10.3 Å². The molecular weight excluding hydrogens is 319 g/mol. The number of nitrogens with one attached hydrogen (secondary N) is 2. The number of carbonyl (C=O) groups excluding carboxylic acids is 1. The normalized spacial score (nSPS) is 11.1. The number of alkyl halides is 3. The lowest BCUT2D eigenvalue weighted by Gasteiger charge is -2.09. The Bertz CT molecular complexity index is 812. The van der Waals surface area contributed by atoms with E-state index in [-0.39, 0.29) is 11.3 Å². The first-order valence-electron chi connectivity index (χ1n) is 6.04. The van der Waals surface area contributed by atoms with Gasteiger partial charge in [0.05, 0.1) is 10.5 Å². The number of nitro groups is 1. The first-order chi connectivity index (χ1) is 10.7. The maximum absolute atomic E-state index is 12.6. The molecule has 0 aliphatic heterocycles. The zero-order valence-electron chi connectivity index (χ0n) is 11.2. The molecule has 0 aliphatic carbocycles. The number of halogens is 3. The van der Waals surface area contributed by atoms with Gasteiger partial charge in [-0.2, -0.15) is 13.2 Å². The zero-order chi connectivity index (χ0) is 17.2. The monoisotopic (exact) mass is 327 g/mol. The van der Waals surface area contributed by atoms with E-state index in [2.05, 4.69) is 0 Å². The predicted molar refractivity (Wildman–Crippen MR) is 73.1 cm³/mol. The van der Waals surface area contributed by atoms with Gasteiger partial charge in [-0.1, -0.05) is 0 Å². The fourth-order valence-electron chi connectivity index (χ4n) is 1.67. The summed E-state index contributed by atoms with van der Waals surface area (Å²) in [6, 6.07) is 4.86. The highest BCUT2D eigenvalue weighted by Gasteiger charge is 2.31. The van der Waals surface area contributed by atoms with Crippen LogP contribution in [-0.2, 0) is 6.18 Å². The van der Waals surface area contributed by atoms with Crippen molar-refractivity contribution in [3.8, 4) is 0 Å². The van der Waals surface area contributed by atoms with E-state index in [0.717, 1.165) is 24.3 Å². The number of hydrogen-bond acceptors (Lipinski definition) is 4. The average molecular weight is 327 g/mol. The fraction of sp³-hybridized carbons (Fsp3) is 0.0769. The van der Waals surface area contributed by atoms with Gasteiger partial charge in [0.1, 0.15) is 5.69 Å². The maximum Gasteiger partial charge on any atom is 0.417 e. The Kier molecular flexibility index (Phi) is 4.16. The van der Waals surface area contributed by atoms with Crippen LogP contribution in [0.3, 0.4) is 0 Å². The largest absolute Gasteiger partial charge is 0.417 e.